The molecule has 0 aliphatic heterocycles. The molecular formula is C19H23NO3. The zero-order chi connectivity index (χ0) is 16.2. The molecule has 4 heteroatoms. The van der Waals surface area contributed by atoms with Gasteiger partial charge in [-0.25, -0.2) is 0 Å². The minimum absolute atomic E-state index is 0.0792. The molecule has 2 aromatic carbocycles. The highest BCUT2D eigenvalue weighted by molar-refractivity contribution is 5.87. The van der Waals surface area contributed by atoms with Crippen LogP contribution in [-0.2, 0) is 4.74 Å². The molecule has 0 amide bonds. The van der Waals surface area contributed by atoms with E-state index in [2.05, 4.69) is 36.4 Å². The fourth-order valence-corrected chi connectivity index (χ4v) is 3.87. The highest BCUT2D eigenvalue weighted by atomic mass is 16.6. The van der Waals surface area contributed by atoms with Crippen molar-refractivity contribution in [1.82, 2.24) is 0 Å². The average Bonchev–Trinajstić information content (AvgIpc) is 2.58. The Morgan fingerprint density at radius 1 is 1.17 bits per heavy atom. The monoisotopic (exact) mass is 313 g/mol. The van der Waals surface area contributed by atoms with E-state index in [0.29, 0.717) is 12.3 Å². The van der Waals surface area contributed by atoms with E-state index in [1.54, 1.807) is 7.11 Å². The van der Waals surface area contributed by atoms with Gasteiger partial charge in [0.15, 0.2) is 0 Å². The predicted molar refractivity (Wildman–Crippen MR) is 91.4 cm³/mol. The summed E-state index contributed by atoms with van der Waals surface area (Å²) in [6.45, 7) is 0.0792. The van der Waals surface area contributed by atoms with Crippen LogP contribution in [0.15, 0.2) is 36.4 Å². The van der Waals surface area contributed by atoms with Crippen LogP contribution in [0.5, 0.6) is 0 Å². The summed E-state index contributed by atoms with van der Waals surface area (Å²) in [5.74, 6) is 0.481. The van der Waals surface area contributed by atoms with Crippen LogP contribution >= 0.6 is 0 Å². The normalized spacial score (nSPS) is 20.4. The van der Waals surface area contributed by atoms with E-state index in [1.807, 2.05) is 0 Å². The summed E-state index contributed by atoms with van der Waals surface area (Å²) in [5, 5.41) is 13.1. The van der Waals surface area contributed by atoms with Crippen molar-refractivity contribution < 1.29 is 9.66 Å². The molecule has 0 heterocycles. The fourth-order valence-electron chi connectivity index (χ4n) is 3.87. The van der Waals surface area contributed by atoms with E-state index in [9.17, 15) is 10.1 Å². The molecule has 23 heavy (non-hydrogen) atoms. The maximum Gasteiger partial charge on any atom is 0.203 e. The Morgan fingerprint density at radius 3 is 2.78 bits per heavy atom. The summed E-state index contributed by atoms with van der Waals surface area (Å²) in [7, 11) is 1.78. The molecule has 0 spiro atoms. The molecule has 0 saturated carbocycles. The van der Waals surface area contributed by atoms with Crippen LogP contribution in [-0.4, -0.2) is 18.6 Å². The van der Waals surface area contributed by atoms with Gasteiger partial charge in [0.2, 0.25) is 6.54 Å². The third-order valence-corrected chi connectivity index (χ3v) is 4.96. The van der Waals surface area contributed by atoms with E-state index >= 15 is 0 Å². The molecule has 122 valence electrons. The van der Waals surface area contributed by atoms with Crippen LogP contribution in [0.1, 0.15) is 55.3 Å². The molecule has 2 aromatic rings. The first kappa shape index (κ1) is 15.9. The van der Waals surface area contributed by atoms with E-state index < -0.39 is 0 Å². The van der Waals surface area contributed by atoms with Crippen molar-refractivity contribution in [3.05, 3.63) is 57.6 Å². The summed E-state index contributed by atoms with van der Waals surface area (Å²) in [6.07, 6.45) is 4.89. The highest BCUT2D eigenvalue weighted by Gasteiger charge is 2.28. The fraction of sp³-hybridized carbons (Fsp3) is 0.474. The van der Waals surface area contributed by atoms with Crippen molar-refractivity contribution in [3.63, 3.8) is 0 Å². The highest BCUT2D eigenvalue weighted by Crippen LogP contribution is 2.44. The van der Waals surface area contributed by atoms with E-state index in [4.69, 9.17) is 4.74 Å². The number of benzene rings is 2. The van der Waals surface area contributed by atoms with Gasteiger partial charge in [-0.15, -0.1) is 0 Å². The number of fused-ring (bicyclic) bond motifs is 3. The zero-order valence-electron chi connectivity index (χ0n) is 13.5. The van der Waals surface area contributed by atoms with Crippen LogP contribution in [0.25, 0.3) is 10.8 Å². The number of methoxy groups -OCH3 is 1. The number of nitro groups is 1. The number of nitrogens with zero attached hydrogens (tertiary/aromatic N) is 1. The van der Waals surface area contributed by atoms with Gasteiger partial charge in [-0.05, 0) is 53.5 Å². The van der Waals surface area contributed by atoms with Crippen molar-refractivity contribution in [2.45, 2.75) is 44.1 Å². The van der Waals surface area contributed by atoms with Gasteiger partial charge in [0.25, 0.3) is 0 Å². The van der Waals surface area contributed by atoms with E-state index in [-0.39, 0.29) is 17.6 Å². The molecule has 1 aliphatic carbocycles. The molecule has 0 bridgehead atoms. The Bertz CT molecular complexity index is 698. The summed E-state index contributed by atoms with van der Waals surface area (Å²) < 4.78 is 5.68. The molecule has 0 N–H and O–H groups in total. The maximum absolute atomic E-state index is 10.5. The number of rotatable bonds is 6. The SMILES string of the molecule is COC1CCC(CCCC[N+](=O)[O-])c2c1ccc1ccccc21. The lowest BCUT2D eigenvalue weighted by Crippen LogP contribution is -2.16. The lowest BCUT2D eigenvalue weighted by molar-refractivity contribution is -0.480. The Hall–Kier alpha value is -1.94. The molecule has 0 aromatic heterocycles. The first-order chi connectivity index (χ1) is 11.2. The second kappa shape index (κ2) is 7.09. The van der Waals surface area contributed by atoms with Crippen molar-refractivity contribution in [2.75, 3.05) is 13.7 Å². The van der Waals surface area contributed by atoms with Gasteiger partial charge >= 0.3 is 0 Å². The molecule has 0 saturated heterocycles. The molecule has 2 atom stereocenters. The summed E-state index contributed by atoms with van der Waals surface area (Å²) in [6, 6.07) is 12.9. The Labute approximate surface area is 136 Å². The van der Waals surface area contributed by atoms with Gasteiger partial charge in [-0.2, -0.15) is 0 Å². The van der Waals surface area contributed by atoms with Crippen molar-refractivity contribution >= 4 is 10.8 Å². The first-order valence-electron chi connectivity index (χ1n) is 8.37. The number of unbranched alkanes of at least 4 members (excludes halogenated alkanes) is 1. The van der Waals surface area contributed by atoms with Crippen molar-refractivity contribution in [1.29, 1.82) is 0 Å². The van der Waals surface area contributed by atoms with Crippen molar-refractivity contribution in [2.24, 2.45) is 0 Å². The first-order valence-corrected chi connectivity index (χ1v) is 8.37. The molecule has 0 fully saturated rings. The molecular weight excluding hydrogens is 290 g/mol. The smallest absolute Gasteiger partial charge is 0.203 e. The lowest BCUT2D eigenvalue weighted by Gasteiger charge is -2.32. The molecule has 0 radical (unpaired) electrons. The van der Waals surface area contributed by atoms with Crippen LogP contribution in [0, 0.1) is 10.1 Å². The van der Waals surface area contributed by atoms with Gasteiger partial charge in [0.1, 0.15) is 0 Å². The van der Waals surface area contributed by atoms with Crippen LogP contribution < -0.4 is 0 Å². The van der Waals surface area contributed by atoms with Gasteiger partial charge in [0, 0.05) is 18.5 Å². The largest absolute Gasteiger partial charge is 0.377 e. The topological polar surface area (TPSA) is 52.4 Å². The predicted octanol–water partition coefficient (Wildman–Crippen LogP) is 4.85. The van der Waals surface area contributed by atoms with Crippen LogP contribution in [0.2, 0.25) is 0 Å². The quantitative estimate of drug-likeness (QED) is 0.435. The standard InChI is InChI=1S/C19H23NO3/c1-23-18-12-10-15(7-4-5-13-20(21)22)19-16-8-3-2-6-14(16)9-11-17(18)19/h2-3,6,8-9,11,15,18H,4-5,7,10,12-13H2,1H3. The third kappa shape index (κ3) is 3.37. The van der Waals surface area contributed by atoms with Gasteiger partial charge in [-0.1, -0.05) is 36.4 Å². The molecule has 1 aliphatic rings. The summed E-state index contributed by atoms with van der Waals surface area (Å²) in [4.78, 5) is 10.3. The number of hydrogen-bond donors (Lipinski definition) is 0. The van der Waals surface area contributed by atoms with Gasteiger partial charge < -0.3 is 4.74 Å². The zero-order valence-corrected chi connectivity index (χ0v) is 13.5. The Balaban J connectivity index is 1.89. The minimum Gasteiger partial charge on any atom is -0.377 e. The summed E-state index contributed by atoms with van der Waals surface area (Å²) in [5.41, 5.74) is 2.71. The van der Waals surface area contributed by atoms with E-state index in [0.717, 1.165) is 25.7 Å². The average molecular weight is 313 g/mol. The number of hydrogen-bond acceptors (Lipinski definition) is 3. The van der Waals surface area contributed by atoms with Crippen molar-refractivity contribution in [3.8, 4) is 0 Å². The second-order valence-electron chi connectivity index (χ2n) is 6.34. The van der Waals surface area contributed by atoms with Gasteiger partial charge in [-0.3, -0.25) is 10.1 Å². The second-order valence-corrected chi connectivity index (χ2v) is 6.34. The number of ether oxygens (including phenoxy) is 1. The third-order valence-electron chi connectivity index (χ3n) is 4.96. The molecule has 3 rings (SSSR count). The lowest BCUT2D eigenvalue weighted by atomic mass is 9.76. The van der Waals surface area contributed by atoms with Crippen LogP contribution in [0.3, 0.4) is 0 Å². The van der Waals surface area contributed by atoms with Gasteiger partial charge in [0.05, 0.1) is 6.10 Å². The van der Waals surface area contributed by atoms with Crippen LogP contribution in [0.4, 0.5) is 0 Å². The minimum atomic E-state index is -0.217. The van der Waals surface area contributed by atoms with E-state index in [1.165, 1.54) is 21.9 Å². The molecule has 4 nitrogen and oxygen atoms in total. The Morgan fingerprint density at radius 2 is 2.00 bits per heavy atom. The molecule has 2 unspecified atom stereocenters. The summed E-state index contributed by atoms with van der Waals surface area (Å²) >= 11 is 0. The maximum atomic E-state index is 10.5. The Kier molecular flexibility index (Phi) is 4.91.